The van der Waals surface area contributed by atoms with Gasteiger partial charge in [0.15, 0.2) is 5.91 Å². The Morgan fingerprint density at radius 3 is 1.69 bits per heavy atom. The Bertz CT molecular complexity index is 511. The molecule has 13 heteroatoms. The van der Waals surface area contributed by atoms with Gasteiger partial charge in [0, 0.05) is 78.5 Å². The molecule has 0 aliphatic heterocycles. The minimum atomic E-state index is -0.0728. The predicted molar refractivity (Wildman–Crippen MR) is 169 cm³/mol. The summed E-state index contributed by atoms with van der Waals surface area (Å²) in [6, 6.07) is 0. The second kappa shape index (κ2) is 44.7. The van der Waals surface area contributed by atoms with Crippen molar-refractivity contribution in [1.29, 1.82) is 0 Å². The van der Waals surface area contributed by atoms with Crippen molar-refractivity contribution in [2.24, 2.45) is 11.7 Å². The van der Waals surface area contributed by atoms with Gasteiger partial charge in [0.1, 0.15) is 11.6 Å². The van der Waals surface area contributed by atoms with Gasteiger partial charge in [-0.3, -0.25) is 4.79 Å². The number of thiol groups is 4. The number of carbonyl (C=O) groups is 3. The van der Waals surface area contributed by atoms with Gasteiger partial charge >= 0.3 is 0 Å². The van der Waals surface area contributed by atoms with Crippen LogP contribution >= 0.6 is 50.5 Å². The minimum absolute atomic E-state index is 0. The third-order valence-corrected chi connectivity index (χ3v) is 5.32. The van der Waals surface area contributed by atoms with Gasteiger partial charge in [-0.05, 0) is 13.8 Å². The van der Waals surface area contributed by atoms with E-state index in [1.807, 2.05) is 19.3 Å². The van der Waals surface area contributed by atoms with Crippen molar-refractivity contribution in [3.63, 3.8) is 0 Å². The number of ether oxygens (including phenoxy) is 2. The molecule has 3 N–H and O–H groups in total. The van der Waals surface area contributed by atoms with Gasteiger partial charge in [-0.2, -0.15) is 6.42 Å². The summed E-state index contributed by atoms with van der Waals surface area (Å²) in [5.74, 6) is 3.19. The number of carbonyl (C=O) groups excluding carboxylic acids is 3. The summed E-state index contributed by atoms with van der Waals surface area (Å²) >= 11 is 16.1. The van der Waals surface area contributed by atoms with E-state index < -0.39 is 0 Å². The van der Waals surface area contributed by atoms with Gasteiger partial charge in [0.05, 0.1) is 26.4 Å². The van der Waals surface area contributed by atoms with Crippen LogP contribution in [0.1, 0.15) is 52.4 Å². The number of hydrogen-bond donors (Lipinski definition) is 6. The third kappa shape index (κ3) is 50.2. The van der Waals surface area contributed by atoms with Crippen LogP contribution in [0.2, 0.25) is 0 Å². The summed E-state index contributed by atoms with van der Waals surface area (Å²) in [6.45, 7) is 6.26. The van der Waals surface area contributed by atoms with Crippen LogP contribution in [0.15, 0.2) is 0 Å². The second-order valence-electron chi connectivity index (χ2n) is 7.84. The molecule has 0 fully saturated rings. The molecule has 1 unspecified atom stereocenters. The molecular formula is C26H50N2O5S4Y2-4. The maximum Gasteiger partial charge on any atom is 0.193 e. The predicted octanol–water partition coefficient (Wildman–Crippen LogP) is 3.73. The molecule has 0 aromatic heterocycles. The SMILES string of the molecule is CC(=O)C[CH-]CS.CC(=O)C[CH-]CS.NCCOCCOCCNC(=O)C([CH-]CS)CCCC[CH-]CS.[Y].[Y]. The fourth-order valence-corrected chi connectivity index (χ4v) is 3.24. The monoisotopic (exact) mass is 776 g/mol. The molecule has 0 saturated heterocycles. The topological polar surface area (TPSA) is 108 Å². The van der Waals surface area contributed by atoms with Crippen LogP contribution in [0.25, 0.3) is 0 Å². The average molecular weight is 777 g/mol. The van der Waals surface area contributed by atoms with Crippen LogP contribution in [0, 0.1) is 31.6 Å². The first-order chi connectivity index (χ1) is 17.8. The fraction of sp³-hybridized carbons (Fsp3) is 0.731. The molecule has 0 aliphatic carbocycles. The van der Waals surface area contributed by atoms with Crippen molar-refractivity contribution < 1.29 is 89.3 Å². The summed E-state index contributed by atoms with van der Waals surface area (Å²) in [5, 5.41) is 2.91. The van der Waals surface area contributed by atoms with Gasteiger partial charge in [0.2, 0.25) is 0 Å². The van der Waals surface area contributed by atoms with Crippen LogP contribution in [0.3, 0.4) is 0 Å². The average Bonchev–Trinajstić information content (AvgIpc) is 2.87. The largest absolute Gasteiger partial charge is 0.378 e. The molecule has 0 heterocycles. The molecule has 0 rings (SSSR count). The van der Waals surface area contributed by atoms with Crippen molar-refractivity contribution in [1.82, 2.24) is 5.32 Å². The zero-order valence-electron chi connectivity index (χ0n) is 23.8. The second-order valence-corrected chi connectivity index (χ2v) is 9.30. The summed E-state index contributed by atoms with van der Waals surface area (Å²) in [6.07, 6.45) is 12.9. The van der Waals surface area contributed by atoms with Crippen LogP contribution in [0.4, 0.5) is 0 Å². The summed E-state index contributed by atoms with van der Waals surface area (Å²) in [5.41, 5.74) is 5.31. The molecule has 1 amide bonds. The molecule has 7 nitrogen and oxygen atoms in total. The quantitative estimate of drug-likeness (QED) is 0.0538. The molecule has 0 aromatic carbocycles. The van der Waals surface area contributed by atoms with Crippen LogP contribution in [-0.4, -0.2) is 80.0 Å². The molecular weight excluding hydrogens is 726 g/mol. The Hall–Kier alpha value is 2.30. The van der Waals surface area contributed by atoms with E-state index in [1.165, 1.54) is 0 Å². The van der Waals surface area contributed by atoms with Crippen LogP contribution < -0.4 is 11.1 Å². The minimum Gasteiger partial charge on any atom is -0.378 e. The first-order valence-corrected chi connectivity index (χ1v) is 15.2. The van der Waals surface area contributed by atoms with E-state index in [4.69, 9.17) is 15.2 Å². The Morgan fingerprint density at radius 1 is 0.769 bits per heavy atom. The molecule has 0 aliphatic rings. The molecule has 0 saturated carbocycles. The van der Waals surface area contributed by atoms with Gasteiger partial charge < -0.3 is 55.8 Å². The summed E-state index contributed by atoms with van der Waals surface area (Å²) < 4.78 is 10.6. The number of hydrogen-bond acceptors (Lipinski definition) is 10. The van der Waals surface area contributed by atoms with Gasteiger partial charge in [-0.15, -0.1) is 35.9 Å². The smallest absolute Gasteiger partial charge is 0.193 e. The van der Waals surface area contributed by atoms with E-state index in [1.54, 1.807) is 13.8 Å². The van der Waals surface area contributed by atoms with E-state index >= 15 is 0 Å². The van der Waals surface area contributed by atoms with Crippen molar-refractivity contribution in [3.05, 3.63) is 25.7 Å². The number of amides is 1. The standard InChI is InChI=1S/C16H32N2O3S2.2C5H9OS.2Y/c17-7-9-20-11-12-21-10-8-18-16(19)15(6-14-23)5-3-1-2-4-13-22;2*1-5(6)3-2-4-7;;/h4,6,15,22-23H,1-3,5,7-14,17H2,(H,18,19);2*2,7H,3-4H2,1H3;;/q-2;2*-1;;. The Kier molecular flexibility index (Phi) is 58.4. The Balaban J connectivity index is -0.000000198. The molecule has 2 radical (unpaired) electrons. The van der Waals surface area contributed by atoms with Crippen molar-refractivity contribution >= 4 is 68.0 Å². The molecule has 228 valence electrons. The van der Waals surface area contributed by atoms with Gasteiger partial charge in [-0.25, -0.2) is 50.5 Å². The number of nitrogens with two attached hydrogens (primary N) is 1. The van der Waals surface area contributed by atoms with Crippen molar-refractivity contribution in [3.8, 4) is 0 Å². The first-order valence-electron chi connectivity index (χ1n) is 12.6. The zero-order valence-corrected chi connectivity index (χ0v) is 33.0. The number of ketones is 2. The molecule has 39 heavy (non-hydrogen) atoms. The zero-order chi connectivity index (χ0) is 28.6. The first kappa shape index (κ1) is 50.9. The Morgan fingerprint density at radius 2 is 1.28 bits per heavy atom. The molecule has 0 bridgehead atoms. The van der Waals surface area contributed by atoms with E-state index in [0.29, 0.717) is 69.6 Å². The third-order valence-electron chi connectivity index (χ3n) is 4.33. The number of unbranched alkanes of at least 4 members (excludes halogenated alkanes) is 3. The van der Waals surface area contributed by atoms with Crippen molar-refractivity contribution in [2.75, 3.05) is 62.5 Å². The van der Waals surface area contributed by atoms with E-state index in [-0.39, 0.29) is 88.8 Å². The van der Waals surface area contributed by atoms with Gasteiger partial charge in [0.25, 0.3) is 0 Å². The van der Waals surface area contributed by atoms with Crippen LogP contribution in [-0.2, 0) is 89.3 Å². The van der Waals surface area contributed by atoms with Crippen molar-refractivity contribution in [2.45, 2.75) is 52.4 Å². The van der Waals surface area contributed by atoms with Gasteiger partial charge in [-0.1, -0.05) is 25.2 Å². The number of nitrogens with one attached hydrogen (secondary N) is 1. The summed E-state index contributed by atoms with van der Waals surface area (Å²) in [7, 11) is 0. The number of rotatable bonds is 23. The molecule has 0 aromatic rings. The van der Waals surface area contributed by atoms with E-state index in [2.05, 4.69) is 62.3 Å². The Labute approximate surface area is 311 Å². The maximum absolute atomic E-state index is 12.1. The number of Topliss-reactive ketones (excluding diaryl/α,β-unsaturated/α-hetero) is 2. The molecule has 1 atom stereocenters. The fourth-order valence-electron chi connectivity index (χ4n) is 2.55. The summed E-state index contributed by atoms with van der Waals surface area (Å²) in [4.78, 5) is 32.4. The maximum atomic E-state index is 12.1. The van der Waals surface area contributed by atoms with E-state index in [0.717, 1.165) is 31.4 Å². The van der Waals surface area contributed by atoms with Crippen LogP contribution in [0.5, 0.6) is 0 Å². The molecule has 0 spiro atoms. The van der Waals surface area contributed by atoms with E-state index in [9.17, 15) is 14.4 Å². The normalized spacial score (nSPS) is 10.4.